The molecule has 5 nitrogen and oxygen atoms in total. The molecule has 7 heteroatoms. The maximum absolute atomic E-state index is 10.8. The van der Waals surface area contributed by atoms with Gasteiger partial charge in [0.2, 0.25) is 0 Å². The minimum absolute atomic E-state index is 0. The summed E-state index contributed by atoms with van der Waals surface area (Å²) in [5.74, 6) is -0.613. The molecular weight excluding hydrogens is 411 g/mol. The Balaban J connectivity index is -0.000000905. The number of ether oxygens (including phenoxy) is 1. The molecule has 0 aromatic carbocycles. The number of hydrogen-bond acceptors (Lipinski definition) is 5. The maximum atomic E-state index is 10.8. The van der Waals surface area contributed by atoms with Crippen molar-refractivity contribution in [3.05, 3.63) is 12.7 Å². The molecule has 0 aromatic heterocycles. The first-order valence-electron chi connectivity index (χ1n) is 11.6. The Morgan fingerprint density at radius 2 is 1.07 bits per heavy atom. The van der Waals surface area contributed by atoms with Crippen LogP contribution in [0.3, 0.4) is 0 Å². The Morgan fingerprint density at radius 1 is 0.767 bits per heavy atom. The van der Waals surface area contributed by atoms with E-state index in [9.17, 15) is 17.8 Å². The van der Waals surface area contributed by atoms with Crippen LogP contribution in [-0.4, -0.2) is 31.3 Å². The summed E-state index contributed by atoms with van der Waals surface area (Å²) in [6.07, 6.45) is 23.0. The average molecular weight is 457 g/mol. The third kappa shape index (κ3) is 35.6. The summed E-state index contributed by atoms with van der Waals surface area (Å²) < 4.78 is 33.3. The topological polar surface area (TPSA) is 83.5 Å². The SMILES string of the molecule is C=CC(=O)OCCCCCCCCCCCCCCCCCC.CCS(=O)(=O)[O-].[Na+]. The molecule has 0 aliphatic carbocycles. The van der Waals surface area contributed by atoms with Gasteiger partial charge in [-0.2, -0.15) is 0 Å². The molecule has 0 bridgehead atoms. The molecule has 0 fully saturated rings. The molecule has 0 atom stereocenters. The Hall–Kier alpha value is 0.120. The Labute approximate surface area is 208 Å². The zero-order valence-electron chi connectivity index (χ0n) is 20.0. The molecule has 0 N–H and O–H groups in total. The molecule has 0 heterocycles. The van der Waals surface area contributed by atoms with Crippen molar-refractivity contribution in [1.29, 1.82) is 0 Å². The molecule has 0 aliphatic heterocycles. The van der Waals surface area contributed by atoms with Crippen molar-refractivity contribution < 1.29 is 52.1 Å². The summed E-state index contributed by atoms with van der Waals surface area (Å²) in [5, 5.41) is 0. The summed E-state index contributed by atoms with van der Waals surface area (Å²) in [5.41, 5.74) is 0. The van der Waals surface area contributed by atoms with Crippen LogP contribution in [0.5, 0.6) is 0 Å². The van der Waals surface area contributed by atoms with Crippen LogP contribution >= 0.6 is 0 Å². The molecule has 0 aromatic rings. The van der Waals surface area contributed by atoms with E-state index in [0.717, 1.165) is 6.42 Å². The van der Waals surface area contributed by atoms with Crippen LogP contribution in [0.1, 0.15) is 117 Å². The second kappa shape index (κ2) is 27.2. The monoisotopic (exact) mass is 456 g/mol. The van der Waals surface area contributed by atoms with E-state index in [1.54, 1.807) is 0 Å². The summed E-state index contributed by atoms with van der Waals surface area (Å²) in [6, 6.07) is 0. The molecule has 0 spiro atoms. The molecule has 0 aliphatic rings. The fraction of sp³-hybridized carbons (Fsp3) is 0.870. The van der Waals surface area contributed by atoms with E-state index in [1.807, 2.05) is 0 Å². The van der Waals surface area contributed by atoms with Gasteiger partial charge in [-0.15, -0.1) is 0 Å². The fourth-order valence-electron chi connectivity index (χ4n) is 2.88. The van der Waals surface area contributed by atoms with Gasteiger partial charge in [-0.25, -0.2) is 13.2 Å². The van der Waals surface area contributed by atoms with Crippen LogP contribution < -0.4 is 29.6 Å². The van der Waals surface area contributed by atoms with E-state index in [4.69, 9.17) is 4.74 Å². The number of esters is 1. The largest absolute Gasteiger partial charge is 1.00 e. The van der Waals surface area contributed by atoms with Gasteiger partial charge in [0.1, 0.15) is 0 Å². The quantitative estimate of drug-likeness (QED) is 0.0976. The van der Waals surface area contributed by atoms with Crippen molar-refractivity contribution in [3.63, 3.8) is 0 Å². The van der Waals surface area contributed by atoms with Gasteiger partial charge in [0, 0.05) is 11.8 Å². The molecule has 0 saturated carbocycles. The van der Waals surface area contributed by atoms with Crippen LogP contribution in [-0.2, 0) is 19.6 Å². The van der Waals surface area contributed by atoms with Crippen molar-refractivity contribution in [2.75, 3.05) is 12.4 Å². The standard InChI is InChI=1S/C21H40O2.C2H6O3S.Na/c1-3-5-6-7-8-9-10-11-12-13-14-15-16-17-18-19-20-23-21(22)4-2;1-2-6(3,4)5;/h4H,2-3,5-20H2,1H3;2H2,1H3,(H,3,4,5);/q;;+1/p-1. The predicted molar refractivity (Wildman–Crippen MR) is 121 cm³/mol. The molecule has 0 unspecified atom stereocenters. The number of carbonyl (C=O) groups is 1. The van der Waals surface area contributed by atoms with Gasteiger partial charge < -0.3 is 9.29 Å². The third-order valence-electron chi connectivity index (χ3n) is 4.76. The van der Waals surface area contributed by atoms with Crippen LogP contribution in [0, 0.1) is 0 Å². The van der Waals surface area contributed by atoms with Gasteiger partial charge >= 0.3 is 35.5 Å². The van der Waals surface area contributed by atoms with E-state index in [2.05, 4.69) is 13.5 Å². The smallest absolute Gasteiger partial charge is 0.748 e. The third-order valence-corrected chi connectivity index (χ3v) is 5.47. The minimum atomic E-state index is -3.91. The van der Waals surface area contributed by atoms with Crippen molar-refractivity contribution >= 4 is 16.1 Å². The van der Waals surface area contributed by atoms with Crippen LogP contribution in [0.4, 0.5) is 0 Å². The van der Waals surface area contributed by atoms with Crippen molar-refractivity contribution in [2.24, 2.45) is 0 Å². The Kier molecular flexibility index (Phi) is 31.4. The van der Waals surface area contributed by atoms with Crippen LogP contribution in [0.25, 0.3) is 0 Å². The number of hydrogen-bond donors (Lipinski definition) is 0. The fourth-order valence-corrected chi connectivity index (χ4v) is 2.88. The molecule has 174 valence electrons. The van der Waals surface area contributed by atoms with Gasteiger partial charge in [-0.3, -0.25) is 0 Å². The molecular formula is C23H45NaO5S. The van der Waals surface area contributed by atoms with E-state index in [1.165, 1.54) is 109 Å². The second-order valence-corrected chi connectivity index (χ2v) is 9.21. The van der Waals surface area contributed by atoms with Crippen LogP contribution in [0.2, 0.25) is 0 Å². The van der Waals surface area contributed by atoms with E-state index in [-0.39, 0.29) is 41.3 Å². The second-order valence-electron chi connectivity index (χ2n) is 7.52. The van der Waals surface area contributed by atoms with Crippen molar-refractivity contribution in [2.45, 2.75) is 117 Å². The number of unbranched alkanes of at least 4 members (excludes halogenated alkanes) is 15. The summed E-state index contributed by atoms with van der Waals surface area (Å²) in [6.45, 7) is 7.51. The van der Waals surface area contributed by atoms with Crippen LogP contribution in [0.15, 0.2) is 12.7 Å². The number of carbonyl (C=O) groups excluding carboxylic acids is 1. The van der Waals surface area contributed by atoms with E-state index < -0.39 is 10.1 Å². The average Bonchev–Trinajstić information content (AvgIpc) is 2.70. The molecule has 0 amide bonds. The molecule has 30 heavy (non-hydrogen) atoms. The van der Waals surface area contributed by atoms with Gasteiger partial charge in [0.15, 0.2) is 0 Å². The van der Waals surface area contributed by atoms with Gasteiger partial charge in [0.25, 0.3) is 0 Å². The normalized spacial score (nSPS) is 10.5. The number of rotatable bonds is 19. The zero-order chi connectivity index (χ0) is 22.2. The molecule has 0 radical (unpaired) electrons. The summed E-state index contributed by atoms with van der Waals surface area (Å²) in [7, 11) is -3.91. The first kappa shape index (κ1) is 34.7. The van der Waals surface area contributed by atoms with Gasteiger partial charge in [-0.1, -0.05) is 117 Å². The summed E-state index contributed by atoms with van der Waals surface area (Å²) >= 11 is 0. The van der Waals surface area contributed by atoms with Gasteiger partial charge in [0.05, 0.1) is 16.7 Å². The van der Waals surface area contributed by atoms with Crippen molar-refractivity contribution in [3.8, 4) is 0 Å². The van der Waals surface area contributed by atoms with Gasteiger partial charge in [-0.05, 0) is 6.42 Å². The summed E-state index contributed by atoms with van der Waals surface area (Å²) in [4.78, 5) is 10.8. The van der Waals surface area contributed by atoms with E-state index >= 15 is 0 Å². The van der Waals surface area contributed by atoms with Crippen molar-refractivity contribution in [1.82, 2.24) is 0 Å². The first-order chi connectivity index (χ1) is 13.9. The Morgan fingerprint density at radius 3 is 1.33 bits per heavy atom. The zero-order valence-corrected chi connectivity index (χ0v) is 22.8. The predicted octanol–water partition coefficient (Wildman–Crippen LogP) is 3.53. The maximum Gasteiger partial charge on any atom is 1.00 e. The molecule has 0 saturated heterocycles. The molecule has 0 rings (SSSR count). The van der Waals surface area contributed by atoms with E-state index in [0.29, 0.717) is 6.61 Å². The Bertz CT molecular complexity index is 466. The minimum Gasteiger partial charge on any atom is -0.748 e. The first-order valence-corrected chi connectivity index (χ1v) is 13.2.